The van der Waals surface area contributed by atoms with Crippen LogP contribution in [-0.2, 0) is 4.79 Å². The van der Waals surface area contributed by atoms with Gasteiger partial charge in [0.25, 0.3) is 11.8 Å². The third-order valence-electron chi connectivity index (χ3n) is 1.79. The zero-order valence-corrected chi connectivity index (χ0v) is 7.94. The monoisotopic (exact) mass is 194 g/mol. The number of nitrogens with one attached hydrogen (secondary N) is 1. The summed E-state index contributed by atoms with van der Waals surface area (Å²) in [5.74, 6) is 1.20. The lowest BCUT2D eigenvalue weighted by Crippen LogP contribution is -2.27. The number of amides is 1. The molecule has 2 rings (SSSR count). The van der Waals surface area contributed by atoms with E-state index in [4.69, 9.17) is 4.74 Å². The smallest absolute Gasteiger partial charge is 0.277 e. The Balaban J connectivity index is 2.37. The molecule has 0 saturated heterocycles. The van der Waals surface area contributed by atoms with Gasteiger partial charge < -0.3 is 10.1 Å². The van der Waals surface area contributed by atoms with Gasteiger partial charge in [0.2, 0.25) is 0 Å². The van der Waals surface area contributed by atoms with Crippen LogP contribution in [0.2, 0.25) is 0 Å². The molecule has 1 aliphatic rings. The maximum absolute atomic E-state index is 11.0. The van der Waals surface area contributed by atoms with Crippen LogP contribution in [0.4, 0.5) is 5.82 Å². The van der Waals surface area contributed by atoms with Gasteiger partial charge in [0, 0.05) is 5.92 Å². The van der Waals surface area contributed by atoms with Crippen molar-refractivity contribution in [3.05, 3.63) is 5.82 Å². The molecule has 1 N–H and O–H groups in total. The number of ether oxygens (including phenoxy) is 1. The second-order valence-electron chi connectivity index (χ2n) is 3.32. The Hall–Kier alpha value is -1.72. The number of fused-ring (bicyclic) bond motifs is 1. The molecule has 0 saturated carbocycles. The molecule has 0 spiro atoms. The summed E-state index contributed by atoms with van der Waals surface area (Å²) in [6, 6.07) is 0. The van der Waals surface area contributed by atoms with Crippen molar-refractivity contribution >= 4 is 11.7 Å². The molecular weight excluding hydrogens is 184 g/mol. The van der Waals surface area contributed by atoms with Gasteiger partial charge in [-0.25, -0.2) is 4.98 Å². The average Bonchev–Trinajstić information content (AvgIpc) is 2.16. The predicted octanol–water partition coefficient (Wildman–Crippen LogP) is 0.326. The summed E-state index contributed by atoms with van der Waals surface area (Å²) >= 11 is 0. The Morgan fingerprint density at radius 2 is 2.21 bits per heavy atom. The maximum atomic E-state index is 11.0. The molecule has 1 amide bonds. The van der Waals surface area contributed by atoms with Crippen LogP contribution in [0.5, 0.6) is 5.88 Å². The van der Waals surface area contributed by atoms with Gasteiger partial charge in [-0.2, -0.15) is 0 Å². The van der Waals surface area contributed by atoms with Crippen LogP contribution in [0.1, 0.15) is 25.6 Å². The molecule has 0 unspecified atom stereocenters. The van der Waals surface area contributed by atoms with E-state index in [1.165, 1.54) is 0 Å². The average molecular weight is 194 g/mol. The lowest BCUT2D eigenvalue weighted by molar-refractivity contribution is -0.118. The molecule has 6 heteroatoms. The summed E-state index contributed by atoms with van der Waals surface area (Å²) in [7, 11) is 0. The minimum atomic E-state index is -0.215. The van der Waals surface area contributed by atoms with E-state index in [1.54, 1.807) is 0 Å². The van der Waals surface area contributed by atoms with Gasteiger partial charge >= 0.3 is 0 Å². The van der Waals surface area contributed by atoms with E-state index in [-0.39, 0.29) is 24.3 Å². The Morgan fingerprint density at radius 3 is 2.93 bits per heavy atom. The van der Waals surface area contributed by atoms with Crippen molar-refractivity contribution in [2.45, 2.75) is 19.8 Å². The van der Waals surface area contributed by atoms with Crippen LogP contribution in [-0.4, -0.2) is 27.7 Å². The second-order valence-corrected chi connectivity index (χ2v) is 3.32. The van der Waals surface area contributed by atoms with E-state index >= 15 is 0 Å². The van der Waals surface area contributed by atoms with Crippen LogP contribution in [0.3, 0.4) is 0 Å². The summed E-state index contributed by atoms with van der Waals surface area (Å²) in [5.41, 5.74) is 0. The van der Waals surface area contributed by atoms with Crippen LogP contribution >= 0.6 is 0 Å². The van der Waals surface area contributed by atoms with Crippen molar-refractivity contribution in [2.24, 2.45) is 0 Å². The molecule has 1 aliphatic heterocycles. The maximum Gasteiger partial charge on any atom is 0.277 e. The fourth-order valence-corrected chi connectivity index (χ4v) is 1.05. The van der Waals surface area contributed by atoms with Gasteiger partial charge in [-0.15, -0.1) is 10.2 Å². The number of carbonyl (C=O) groups is 1. The molecule has 0 atom stereocenters. The van der Waals surface area contributed by atoms with E-state index in [2.05, 4.69) is 20.5 Å². The second kappa shape index (κ2) is 3.21. The van der Waals surface area contributed by atoms with Crippen molar-refractivity contribution in [3.8, 4) is 5.88 Å². The Bertz CT molecular complexity index is 378. The first kappa shape index (κ1) is 8.86. The normalized spacial score (nSPS) is 14.6. The van der Waals surface area contributed by atoms with E-state index in [9.17, 15) is 4.79 Å². The van der Waals surface area contributed by atoms with Gasteiger partial charge in [-0.05, 0) is 0 Å². The number of nitrogens with zero attached hydrogens (tertiary/aromatic N) is 3. The molecule has 0 bridgehead atoms. The van der Waals surface area contributed by atoms with Crippen molar-refractivity contribution in [1.82, 2.24) is 15.2 Å². The SMILES string of the molecule is CC(C)c1nnc2c(n1)NC(=O)CO2. The topological polar surface area (TPSA) is 77.0 Å². The highest BCUT2D eigenvalue weighted by Crippen LogP contribution is 2.22. The number of anilines is 1. The molecule has 0 aliphatic carbocycles. The fraction of sp³-hybridized carbons (Fsp3) is 0.500. The zero-order chi connectivity index (χ0) is 10.1. The minimum absolute atomic E-state index is 0.0234. The van der Waals surface area contributed by atoms with E-state index in [1.807, 2.05) is 13.8 Å². The first-order valence-corrected chi connectivity index (χ1v) is 4.34. The standard InChI is InChI=1S/C8H10N4O2/c1-4(2)6-10-7-8(12-11-6)14-3-5(13)9-7/h4H,3H2,1-2H3,(H,9,10,11,13). The minimum Gasteiger partial charge on any atom is -0.464 e. The summed E-state index contributed by atoms with van der Waals surface area (Å²) in [5, 5.41) is 10.3. The van der Waals surface area contributed by atoms with Crippen LogP contribution < -0.4 is 10.1 Å². The third-order valence-corrected chi connectivity index (χ3v) is 1.79. The zero-order valence-electron chi connectivity index (χ0n) is 7.94. The van der Waals surface area contributed by atoms with E-state index < -0.39 is 0 Å². The number of hydrogen-bond donors (Lipinski definition) is 1. The van der Waals surface area contributed by atoms with Crippen molar-refractivity contribution in [1.29, 1.82) is 0 Å². The van der Waals surface area contributed by atoms with Crippen molar-refractivity contribution < 1.29 is 9.53 Å². The summed E-state index contributed by atoms with van der Waals surface area (Å²) in [6.07, 6.45) is 0. The van der Waals surface area contributed by atoms with Gasteiger partial charge in [-0.3, -0.25) is 4.79 Å². The molecular formula is C8H10N4O2. The predicted molar refractivity (Wildman–Crippen MR) is 48.0 cm³/mol. The van der Waals surface area contributed by atoms with Crippen molar-refractivity contribution in [3.63, 3.8) is 0 Å². The molecule has 6 nitrogen and oxygen atoms in total. The number of carbonyl (C=O) groups excluding carboxylic acids is 1. The van der Waals surface area contributed by atoms with Crippen LogP contribution in [0, 0.1) is 0 Å². The number of hydrogen-bond acceptors (Lipinski definition) is 5. The quantitative estimate of drug-likeness (QED) is 0.696. The van der Waals surface area contributed by atoms with E-state index in [0.717, 1.165) is 0 Å². The Morgan fingerprint density at radius 1 is 1.43 bits per heavy atom. The number of aromatic nitrogens is 3. The molecule has 14 heavy (non-hydrogen) atoms. The van der Waals surface area contributed by atoms with E-state index in [0.29, 0.717) is 11.6 Å². The first-order chi connectivity index (χ1) is 6.66. The molecule has 0 aromatic carbocycles. The molecule has 0 radical (unpaired) electrons. The first-order valence-electron chi connectivity index (χ1n) is 4.34. The highest BCUT2D eigenvalue weighted by atomic mass is 16.5. The fourth-order valence-electron chi connectivity index (χ4n) is 1.05. The van der Waals surface area contributed by atoms with Gasteiger partial charge in [0.15, 0.2) is 18.2 Å². The number of rotatable bonds is 1. The lowest BCUT2D eigenvalue weighted by atomic mass is 10.2. The Kier molecular flexibility index (Phi) is 2.03. The summed E-state index contributed by atoms with van der Waals surface area (Å²) in [4.78, 5) is 15.1. The molecule has 1 aromatic rings. The van der Waals surface area contributed by atoms with Gasteiger partial charge in [0.05, 0.1) is 0 Å². The third kappa shape index (κ3) is 1.50. The summed E-state index contributed by atoms with van der Waals surface area (Å²) < 4.78 is 5.02. The highest BCUT2D eigenvalue weighted by molar-refractivity contribution is 5.93. The van der Waals surface area contributed by atoms with Crippen LogP contribution in [0.15, 0.2) is 0 Å². The van der Waals surface area contributed by atoms with Gasteiger partial charge in [-0.1, -0.05) is 13.8 Å². The lowest BCUT2D eigenvalue weighted by Gasteiger charge is -2.15. The molecule has 0 fully saturated rings. The van der Waals surface area contributed by atoms with Gasteiger partial charge in [0.1, 0.15) is 0 Å². The Labute approximate surface area is 80.7 Å². The highest BCUT2D eigenvalue weighted by Gasteiger charge is 2.20. The summed E-state index contributed by atoms with van der Waals surface area (Å²) in [6.45, 7) is 3.88. The molecule has 1 aromatic heterocycles. The molecule has 2 heterocycles. The molecule has 74 valence electrons. The largest absolute Gasteiger partial charge is 0.464 e. The van der Waals surface area contributed by atoms with Crippen molar-refractivity contribution in [2.75, 3.05) is 11.9 Å². The van der Waals surface area contributed by atoms with Crippen LogP contribution in [0.25, 0.3) is 0 Å².